The van der Waals surface area contributed by atoms with Gasteiger partial charge in [-0.05, 0) is 49.7 Å². The van der Waals surface area contributed by atoms with Crippen molar-refractivity contribution in [1.29, 1.82) is 0 Å². The topological polar surface area (TPSA) is 0 Å². The van der Waals surface area contributed by atoms with Gasteiger partial charge in [0.2, 0.25) is 0 Å². The molecule has 0 amide bonds. The summed E-state index contributed by atoms with van der Waals surface area (Å²) in [5, 5.41) is 3.44. The summed E-state index contributed by atoms with van der Waals surface area (Å²) in [6, 6.07) is 25.1. The Kier molecular flexibility index (Phi) is 7.05. The van der Waals surface area contributed by atoms with Crippen LogP contribution >= 0.6 is 22.7 Å². The van der Waals surface area contributed by atoms with E-state index in [1.54, 1.807) is 11.3 Å². The molecule has 118 valence electrons. The van der Waals surface area contributed by atoms with Crippen LogP contribution in [0.4, 0.5) is 0 Å². The SMILES string of the molecule is Cc1cc2ccccc2s1.Cc1ccccc1.Cc1cccs1. The minimum absolute atomic E-state index is 1.32. The number of hydrogen-bond acceptors (Lipinski definition) is 2. The minimum Gasteiger partial charge on any atom is -0.149 e. The molecule has 0 aliphatic rings. The van der Waals surface area contributed by atoms with Crippen LogP contribution in [0.25, 0.3) is 10.1 Å². The van der Waals surface area contributed by atoms with Gasteiger partial charge in [0.15, 0.2) is 0 Å². The zero-order chi connectivity index (χ0) is 16.5. The van der Waals surface area contributed by atoms with Crippen molar-refractivity contribution in [3.05, 3.63) is 93.5 Å². The summed E-state index contributed by atoms with van der Waals surface area (Å²) < 4.78 is 1.39. The maximum atomic E-state index is 2.22. The van der Waals surface area contributed by atoms with E-state index < -0.39 is 0 Å². The maximum absolute atomic E-state index is 2.22. The second kappa shape index (κ2) is 9.29. The van der Waals surface area contributed by atoms with Crippen molar-refractivity contribution in [1.82, 2.24) is 0 Å². The Bertz CT molecular complexity index is 763. The van der Waals surface area contributed by atoms with E-state index in [1.165, 1.54) is 25.4 Å². The molecule has 0 radical (unpaired) electrons. The highest BCUT2D eigenvalue weighted by Gasteiger charge is 1.93. The molecule has 0 atom stereocenters. The Morgan fingerprint density at radius 2 is 1.35 bits per heavy atom. The Morgan fingerprint density at radius 3 is 1.83 bits per heavy atom. The molecule has 0 aliphatic carbocycles. The van der Waals surface area contributed by atoms with Crippen LogP contribution in [-0.2, 0) is 0 Å². The molecule has 0 bridgehead atoms. The zero-order valence-corrected chi connectivity index (χ0v) is 15.5. The van der Waals surface area contributed by atoms with Crippen LogP contribution in [0, 0.1) is 20.8 Å². The van der Waals surface area contributed by atoms with Gasteiger partial charge in [-0.25, -0.2) is 0 Å². The molecule has 2 aromatic carbocycles. The van der Waals surface area contributed by atoms with Crippen LogP contribution < -0.4 is 0 Å². The van der Waals surface area contributed by atoms with Crippen LogP contribution in [0.1, 0.15) is 15.3 Å². The van der Waals surface area contributed by atoms with E-state index in [1.807, 2.05) is 29.5 Å². The van der Waals surface area contributed by atoms with E-state index in [4.69, 9.17) is 0 Å². The Labute approximate surface area is 147 Å². The quantitative estimate of drug-likeness (QED) is 0.316. The van der Waals surface area contributed by atoms with Gasteiger partial charge >= 0.3 is 0 Å². The van der Waals surface area contributed by atoms with E-state index in [0.29, 0.717) is 0 Å². The number of rotatable bonds is 0. The average molecular weight is 339 g/mol. The highest BCUT2D eigenvalue weighted by atomic mass is 32.1. The third-order valence-corrected chi connectivity index (χ3v) is 4.99. The lowest BCUT2D eigenvalue weighted by Gasteiger charge is -1.82. The van der Waals surface area contributed by atoms with Crippen molar-refractivity contribution in [2.24, 2.45) is 0 Å². The molecule has 0 spiro atoms. The Morgan fingerprint density at radius 1 is 0.652 bits per heavy atom. The summed E-state index contributed by atoms with van der Waals surface area (Å²) in [4.78, 5) is 2.77. The summed E-state index contributed by atoms with van der Waals surface area (Å²) in [6.45, 7) is 6.33. The summed E-state index contributed by atoms with van der Waals surface area (Å²) in [5.74, 6) is 0. The first kappa shape index (κ1) is 17.5. The van der Waals surface area contributed by atoms with Crippen molar-refractivity contribution < 1.29 is 0 Å². The van der Waals surface area contributed by atoms with E-state index >= 15 is 0 Å². The highest BCUT2D eigenvalue weighted by molar-refractivity contribution is 7.19. The molecule has 4 rings (SSSR count). The van der Waals surface area contributed by atoms with Crippen LogP contribution in [0.15, 0.2) is 78.2 Å². The number of hydrogen-bond donors (Lipinski definition) is 0. The average Bonchev–Trinajstić information content (AvgIpc) is 3.16. The lowest BCUT2D eigenvalue weighted by molar-refractivity contribution is 1.48. The van der Waals surface area contributed by atoms with E-state index in [-0.39, 0.29) is 0 Å². The molecule has 0 aliphatic heterocycles. The molecule has 0 fully saturated rings. The van der Waals surface area contributed by atoms with Gasteiger partial charge in [0, 0.05) is 14.5 Å². The fraction of sp³-hybridized carbons (Fsp3) is 0.143. The molecule has 0 saturated heterocycles. The summed E-state index contributed by atoms with van der Waals surface area (Å²) in [7, 11) is 0. The summed E-state index contributed by atoms with van der Waals surface area (Å²) >= 11 is 3.63. The molecular formula is C21H22S2. The second-order valence-electron chi connectivity index (χ2n) is 5.27. The van der Waals surface area contributed by atoms with Gasteiger partial charge in [0.05, 0.1) is 0 Å². The van der Waals surface area contributed by atoms with E-state index in [0.717, 1.165) is 0 Å². The standard InChI is InChI=1S/C9H8S.C7H8.C5H6S/c1-7-6-8-4-2-3-5-9(8)10-7;1-7-5-3-2-4-6-7;1-5-3-2-4-6-5/h2-6H,1H3;2-6H,1H3;2-4H,1H3. The predicted molar refractivity (Wildman–Crippen MR) is 107 cm³/mol. The van der Waals surface area contributed by atoms with Crippen LogP contribution in [0.2, 0.25) is 0 Å². The lowest BCUT2D eigenvalue weighted by Crippen LogP contribution is -1.62. The molecule has 0 N–H and O–H groups in total. The molecule has 2 heteroatoms. The third-order valence-electron chi connectivity index (χ3n) is 3.15. The van der Waals surface area contributed by atoms with Gasteiger partial charge < -0.3 is 0 Å². The fourth-order valence-corrected chi connectivity index (χ4v) is 3.46. The van der Waals surface area contributed by atoms with Gasteiger partial charge in [-0.1, -0.05) is 60.2 Å². The molecule has 0 nitrogen and oxygen atoms in total. The maximum Gasteiger partial charge on any atom is 0.0345 e. The first-order valence-corrected chi connectivity index (χ1v) is 9.31. The van der Waals surface area contributed by atoms with Crippen LogP contribution in [-0.4, -0.2) is 0 Å². The number of thiophene rings is 2. The van der Waals surface area contributed by atoms with Gasteiger partial charge in [-0.3, -0.25) is 0 Å². The molecule has 4 aromatic rings. The van der Waals surface area contributed by atoms with E-state index in [2.05, 4.69) is 80.7 Å². The minimum atomic E-state index is 1.32. The first-order chi connectivity index (χ1) is 11.1. The lowest BCUT2D eigenvalue weighted by atomic mass is 10.2. The van der Waals surface area contributed by atoms with Crippen LogP contribution in [0.5, 0.6) is 0 Å². The largest absolute Gasteiger partial charge is 0.149 e. The van der Waals surface area contributed by atoms with Crippen molar-refractivity contribution in [3.63, 3.8) is 0 Å². The Balaban J connectivity index is 0.000000131. The van der Waals surface area contributed by atoms with E-state index in [9.17, 15) is 0 Å². The highest BCUT2D eigenvalue weighted by Crippen LogP contribution is 2.23. The Hall–Kier alpha value is -1.90. The second-order valence-corrected chi connectivity index (χ2v) is 7.71. The predicted octanol–water partition coefficient (Wildman–Crippen LogP) is 7.26. The number of benzene rings is 2. The summed E-state index contributed by atoms with van der Waals surface area (Å²) in [6.07, 6.45) is 0. The van der Waals surface area contributed by atoms with Gasteiger partial charge in [-0.2, -0.15) is 0 Å². The zero-order valence-electron chi connectivity index (χ0n) is 13.8. The van der Waals surface area contributed by atoms with Crippen molar-refractivity contribution >= 4 is 32.8 Å². The fourth-order valence-electron chi connectivity index (χ4n) is 2.01. The van der Waals surface area contributed by atoms with Gasteiger partial charge in [0.1, 0.15) is 0 Å². The van der Waals surface area contributed by atoms with Gasteiger partial charge in [0.25, 0.3) is 0 Å². The third kappa shape index (κ3) is 6.39. The molecule has 2 aromatic heterocycles. The number of aryl methyl sites for hydroxylation is 3. The van der Waals surface area contributed by atoms with Crippen molar-refractivity contribution in [2.45, 2.75) is 20.8 Å². The molecule has 0 saturated carbocycles. The number of fused-ring (bicyclic) bond motifs is 1. The normalized spacial score (nSPS) is 9.52. The van der Waals surface area contributed by atoms with Crippen LogP contribution in [0.3, 0.4) is 0 Å². The van der Waals surface area contributed by atoms with Crippen molar-refractivity contribution in [2.75, 3.05) is 0 Å². The molecular weight excluding hydrogens is 316 g/mol. The van der Waals surface area contributed by atoms with Crippen molar-refractivity contribution in [3.8, 4) is 0 Å². The monoisotopic (exact) mass is 338 g/mol. The van der Waals surface area contributed by atoms with Gasteiger partial charge in [-0.15, -0.1) is 22.7 Å². The molecule has 23 heavy (non-hydrogen) atoms. The first-order valence-electron chi connectivity index (χ1n) is 7.62. The summed E-state index contributed by atoms with van der Waals surface area (Å²) in [5.41, 5.74) is 1.32. The molecule has 2 heterocycles. The molecule has 0 unspecified atom stereocenters. The smallest absolute Gasteiger partial charge is 0.0345 e.